The molecule has 0 spiro atoms. The standard InChI is InChI=1S/C7H5NO3S2/c9-8(10)6-1-2-7-5(3-6)4-12-13(7)11/h1-3H,4H2. The zero-order chi connectivity index (χ0) is 9.42. The first-order chi connectivity index (χ1) is 6.18. The summed E-state index contributed by atoms with van der Waals surface area (Å²) in [5.74, 6) is 0.601. The Morgan fingerprint density at radius 3 is 3.00 bits per heavy atom. The van der Waals surface area contributed by atoms with Crippen LogP contribution in [0.5, 0.6) is 0 Å². The van der Waals surface area contributed by atoms with E-state index in [0.29, 0.717) is 5.75 Å². The van der Waals surface area contributed by atoms with Crippen LogP contribution in [-0.2, 0) is 15.6 Å². The lowest BCUT2D eigenvalue weighted by Gasteiger charge is -1.95. The van der Waals surface area contributed by atoms with Crippen molar-refractivity contribution in [2.75, 3.05) is 0 Å². The van der Waals surface area contributed by atoms with Gasteiger partial charge in [0.2, 0.25) is 0 Å². The molecule has 1 atom stereocenters. The van der Waals surface area contributed by atoms with E-state index in [-0.39, 0.29) is 5.69 Å². The molecular weight excluding hydrogens is 210 g/mol. The van der Waals surface area contributed by atoms with Gasteiger partial charge < -0.3 is 0 Å². The fourth-order valence-electron chi connectivity index (χ4n) is 1.14. The highest BCUT2D eigenvalue weighted by molar-refractivity contribution is 8.69. The van der Waals surface area contributed by atoms with Crippen molar-refractivity contribution in [1.82, 2.24) is 0 Å². The van der Waals surface area contributed by atoms with Gasteiger partial charge in [0.1, 0.15) is 9.83 Å². The van der Waals surface area contributed by atoms with Gasteiger partial charge >= 0.3 is 0 Å². The zero-order valence-electron chi connectivity index (χ0n) is 6.43. The van der Waals surface area contributed by atoms with Crippen LogP contribution in [0.25, 0.3) is 0 Å². The maximum absolute atomic E-state index is 11.3. The summed E-state index contributed by atoms with van der Waals surface area (Å²) < 4.78 is 11.3. The molecule has 0 saturated carbocycles. The monoisotopic (exact) mass is 215 g/mol. The van der Waals surface area contributed by atoms with E-state index in [9.17, 15) is 14.3 Å². The van der Waals surface area contributed by atoms with Gasteiger partial charge in [-0.3, -0.25) is 10.1 Å². The summed E-state index contributed by atoms with van der Waals surface area (Å²) in [5.41, 5.74) is 0.885. The van der Waals surface area contributed by atoms with Crippen molar-refractivity contribution in [3.8, 4) is 0 Å². The minimum atomic E-state index is -1.03. The Bertz CT molecular complexity index is 405. The lowest BCUT2D eigenvalue weighted by molar-refractivity contribution is -0.385. The summed E-state index contributed by atoms with van der Waals surface area (Å²) in [5, 5.41) is 10.4. The number of nitrogens with zero attached hydrogens (tertiary/aromatic N) is 1. The van der Waals surface area contributed by atoms with Crippen LogP contribution in [0.15, 0.2) is 23.1 Å². The molecule has 1 aromatic rings. The number of hydrogen-bond donors (Lipinski definition) is 0. The number of non-ortho nitro benzene ring substituents is 1. The third-order valence-corrected chi connectivity index (χ3v) is 4.69. The van der Waals surface area contributed by atoms with Crippen molar-refractivity contribution in [2.24, 2.45) is 0 Å². The van der Waals surface area contributed by atoms with Gasteiger partial charge in [-0.1, -0.05) is 10.8 Å². The van der Waals surface area contributed by atoms with Gasteiger partial charge in [0.25, 0.3) is 5.69 Å². The molecule has 0 N–H and O–H groups in total. The minimum absolute atomic E-state index is 0.0678. The Hall–Kier alpha value is -0.880. The number of nitro groups is 1. The molecule has 0 saturated heterocycles. The number of benzene rings is 1. The topological polar surface area (TPSA) is 60.2 Å². The van der Waals surface area contributed by atoms with E-state index in [1.807, 2.05) is 0 Å². The highest BCUT2D eigenvalue weighted by atomic mass is 33.1. The highest BCUT2D eigenvalue weighted by Crippen LogP contribution is 2.35. The van der Waals surface area contributed by atoms with Crippen molar-refractivity contribution in [3.63, 3.8) is 0 Å². The van der Waals surface area contributed by atoms with Crippen LogP contribution in [0.2, 0.25) is 0 Å². The molecular formula is C7H5NO3S2. The van der Waals surface area contributed by atoms with Crippen molar-refractivity contribution in [2.45, 2.75) is 10.6 Å². The average molecular weight is 215 g/mol. The van der Waals surface area contributed by atoms with E-state index in [1.165, 1.54) is 22.9 Å². The molecule has 2 rings (SSSR count). The van der Waals surface area contributed by atoms with Crippen LogP contribution in [0, 0.1) is 10.1 Å². The first-order valence-electron chi connectivity index (χ1n) is 3.51. The lowest BCUT2D eigenvalue weighted by Crippen LogP contribution is -1.90. The fourth-order valence-corrected chi connectivity index (χ4v) is 3.92. The lowest BCUT2D eigenvalue weighted by atomic mass is 10.2. The normalized spacial score (nSPS) is 19.8. The number of hydrogen-bond acceptors (Lipinski definition) is 4. The maximum Gasteiger partial charge on any atom is 0.269 e. The smallest absolute Gasteiger partial charge is 0.258 e. The molecule has 6 heteroatoms. The number of fused-ring (bicyclic) bond motifs is 1. The Labute approximate surface area is 80.3 Å². The number of nitro benzene ring substituents is 1. The molecule has 13 heavy (non-hydrogen) atoms. The van der Waals surface area contributed by atoms with Crippen molar-refractivity contribution in [1.29, 1.82) is 0 Å². The second-order valence-electron chi connectivity index (χ2n) is 2.55. The summed E-state index contributed by atoms with van der Waals surface area (Å²) in [4.78, 5) is 10.7. The summed E-state index contributed by atoms with van der Waals surface area (Å²) in [6.45, 7) is 0. The zero-order valence-corrected chi connectivity index (χ0v) is 8.06. The van der Waals surface area contributed by atoms with Crippen LogP contribution in [0.1, 0.15) is 5.56 Å². The maximum atomic E-state index is 11.3. The minimum Gasteiger partial charge on any atom is -0.258 e. The second-order valence-corrected chi connectivity index (χ2v) is 5.60. The van der Waals surface area contributed by atoms with Crippen LogP contribution < -0.4 is 0 Å². The van der Waals surface area contributed by atoms with Crippen molar-refractivity contribution >= 4 is 26.3 Å². The third kappa shape index (κ3) is 1.47. The third-order valence-electron chi connectivity index (χ3n) is 1.76. The molecule has 0 radical (unpaired) electrons. The Kier molecular flexibility index (Phi) is 2.09. The average Bonchev–Trinajstić information content (AvgIpc) is 2.47. The van der Waals surface area contributed by atoms with E-state index >= 15 is 0 Å². The van der Waals surface area contributed by atoms with E-state index in [4.69, 9.17) is 0 Å². The quantitative estimate of drug-likeness (QED) is 0.407. The van der Waals surface area contributed by atoms with E-state index in [0.717, 1.165) is 10.5 Å². The SMILES string of the molecule is O=[N+]([O-])c1ccc2c(c1)CSS2=O. The van der Waals surface area contributed by atoms with E-state index in [2.05, 4.69) is 0 Å². The Balaban J connectivity index is 2.51. The molecule has 1 heterocycles. The van der Waals surface area contributed by atoms with Gasteiger partial charge in [0.15, 0.2) is 0 Å². The van der Waals surface area contributed by atoms with Crippen molar-refractivity contribution in [3.05, 3.63) is 33.9 Å². The molecule has 68 valence electrons. The van der Waals surface area contributed by atoms with Crippen molar-refractivity contribution < 1.29 is 9.13 Å². The van der Waals surface area contributed by atoms with Crippen LogP contribution >= 0.6 is 10.8 Å². The van der Waals surface area contributed by atoms with Crippen LogP contribution in [-0.4, -0.2) is 9.13 Å². The molecule has 1 aliphatic heterocycles. The van der Waals surface area contributed by atoms with Gasteiger partial charge in [-0.05, 0) is 11.6 Å². The Morgan fingerprint density at radius 1 is 1.54 bits per heavy atom. The molecule has 1 aliphatic rings. The largest absolute Gasteiger partial charge is 0.269 e. The molecule has 1 unspecified atom stereocenters. The van der Waals surface area contributed by atoms with Gasteiger partial charge in [0.05, 0.1) is 9.82 Å². The highest BCUT2D eigenvalue weighted by Gasteiger charge is 2.21. The van der Waals surface area contributed by atoms with E-state index in [1.54, 1.807) is 6.07 Å². The predicted octanol–water partition coefficient (Wildman–Crippen LogP) is 1.86. The number of rotatable bonds is 1. The molecule has 0 bridgehead atoms. The summed E-state index contributed by atoms with van der Waals surface area (Å²) in [7, 11) is 0.271. The first kappa shape index (κ1) is 8.71. The summed E-state index contributed by atoms with van der Waals surface area (Å²) >= 11 is 0. The first-order valence-corrected chi connectivity index (χ1v) is 6.16. The summed E-state index contributed by atoms with van der Waals surface area (Å²) in [6.07, 6.45) is 0. The molecule has 1 aromatic carbocycles. The van der Waals surface area contributed by atoms with Gasteiger partial charge in [-0.25, -0.2) is 4.21 Å². The fraction of sp³-hybridized carbons (Fsp3) is 0.143. The molecule has 0 fully saturated rings. The molecule has 0 aliphatic carbocycles. The van der Waals surface area contributed by atoms with Gasteiger partial charge in [-0.2, -0.15) is 0 Å². The van der Waals surface area contributed by atoms with Gasteiger partial charge in [0, 0.05) is 17.9 Å². The Morgan fingerprint density at radius 2 is 2.31 bits per heavy atom. The van der Waals surface area contributed by atoms with Crippen LogP contribution in [0.4, 0.5) is 5.69 Å². The second kappa shape index (κ2) is 3.12. The molecule has 0 amide bonds. The van der Waals surface area contributed by atoms with Crippen LogP contribution in [0.3, 0.4) is 0 Å². The summed E-state index contributed by atoms with van der Waals surface area (Å²) in [6, 6.07) is 4.46. The predicted molar refractivity (Wildman–Crippen MR) is 50.8 cm³/mol. The molecule has 4 nitrogen and oxygen atoms in total. The molecule has 0 aromatic heterocycles. The van der Waals surface area contributed by atoms with E-state index < -0.39 is 14.8 Å². The van der Waals surface area contributed by atoms with Gasteiger partial charge in [-0.15, -0.1) is 0 Å².